The second-order valence-electron chi connectivity index (χ2n) is 7.71. The monoisotopic (exact) mass is 614 g/mol. The molecule has 2 N–H and O–H groups in total. The number of carbonyl (C=O) groups is 3. The summed E-state index contributed by atoms with van der Waals surface area (Å²) in [6, 6.07) is 10.9. The van der Waals surface area contributed by atoms with Crippen molar-refractivity contribution in [3.63, 3.8) is 0 Å². The third kappa shape index (κ3) is 4.98. The number of anilines is 1. The summed E-state index contributed by atoms with van der Waals surface area (Å²) in [7, 11) is 0. The molecule has 3 aromatic rings. The summed E-state index contributed by atoms with van der Waals surface area (Å²) in [5.41, 5.74) is -0.543. The molecule has 0 saturated heterocycles. The topological polar surface area (TPSA) is 86.7 Å². The van der Waals surface area contributed by atoms with Gasteiger partial charge in [0.25, 0.3) is 11.8 Å². The van der Waals surface area contributed by atoms with Gasteiger partial charge in [0, 0.05) is 8.59 Å². The van der Waals surface area contributed by atoms with Crippen LogP contribution >= 0.6 is 34.2 Å². The zero-order valence-corrected chi connectivity index (χ0v) is 20.4. The van der Waals surface area contributed by atoms with Crippen molar-refractivity contribution in [3.8, 4) is 0 Å². The maximum atomic E-state index is 13.8. The highest BCUT2D eigenvalue weighted by atomic mass is 127. The third-order valence-electron chi connectivity index (χ3n) is 5.48. The maximum absolute atomic E-state index is 13.8. The van der Waals surface area contributed by atoms with E-state index in [2.05, 4.69) is 5.32 Å². The number of carboxylic acids is 1. The molecule has 2 atom stereocenters. The minimum Gasteiger partial charge on any atom is -0.479 e. The molecular weight excluding hydrogens is 600 g/mol. The number of hydrogen-bond donors (Lipinski definition) is 2. The van der Waals surface area contributed by atoms with Gasteiger partial charge in [-0.1, -0.05) is 35.9 Å². The Bertz CT molecular complexity index is 1310. The largest absolute Gasteiger partial charge is 0.479 e. The number of nitrogens with zero attached hydrogens (tertiary/aromatic N) is 1. The van der Waals surface area contributed by atoms with Crippen molar-refractivity contribution in [3.05, 3.63) is 97.6 Å². The van der Waals surface area contributed by atoms with Gasteiger partial charge in [0.2, 0.25) is 0 Å². The number of aliphatic carboxylic acids is 1. The molecule has 0 aliphatic carbocycles. The Morgan fingerprint density at radius 3 is 2.23 bits per heavy atom. The minimum absolute atomic E-state index is 0.0554. The highest BCUT2D eigenvalue weighted by Gasteiger charge is 2.44. The van der Waals surface area contributed by atoms with Gasteiger partial charge in [-0.25, -0.2) is 4.79 Å². The zero-order chi connectivity index (χ0) is 25.5. The van der Waals surface area contributed by atoms with E-state index in [0.29, 0.717) is 8.59 Å². The fourth-order valence-corrected chi connectivity index (χ4v) is 4.50. The second-order valence-corrected chi connectivity index (χ2v) is 9.39. The van der Waals surface area contributed by atoms with Crippen LogP contribution in [0.3, 0.4) is 0 Å². The van der Waals surface area contributed by atoms with E-state index in [1.165, 1.54) is 36.4 Å². The van der Waals surface area contributed by atoms with Crippen molar-refractivity contribution in [1.82, 2.24) is 4.90 Å². The van der Waals surface area contributed by atoms with Gasteiger partial charge in [-0.05, 0) is 76.2 Å². The molecule has 4 rings (SSSR count). The number of carbonyl (C=O) groups excluding carboxylic acids is 2. The number of nitrogens with one attached hydrogen (secondary N) is 1. The normalized spacial score (nSPS) is 16.8. The smallest absolute Gasteiger partial charge is 0.416 e. The molecule has 0 radical (unpaired) electrons. The van der Waals surface area contributed by atoms with Crippen LogP contribution in [0.15, 0.2) is 66.7 Å². The summed E-state index contributed by atoms with van der Waals surface area (Å²) in [6.45, 7) is 0. The van der Waals surface area contributed by atoms with E-state index in [0.717, 1.165) is 29.2 Å². The number of alkyl halides is 3. The number of rotatable bonds is 4. The Kier molecular flexibility index (Phi) is 6.78. The van der Waals surface area contributed by atoms with Crippen LogP contribution in [0.2, 0.25) is 5.02 Å². The highest BCUT2D eigenvalue weighted by molar-refractivity contribution is 14.1. The first-order valence-electron chi connectivity index (χ1n) is 10.1. The van der Waals surface area contributed by atoms with Crippen molar-refractivity contribution in [1.29, 1.82) is 0 Å². The molecule has 2 amide bonds. The van der Waals surface area contributed by atoms with Crippen LogP contribution in [0, 0.1) is 3.57 Å². The van der Waals surface area contributed by atoms with Gasteiger partial charge in [-0.15, -0.1) is 0 Å². The first kappa shape index (κ1) is 25.0. The first-order valence-corrected chi connectivity index (χ1v) is 11.5. The molecule has 0 saturated carbocycles. The molecule has 0 bridgehead atoms. The number of carboxylic acid groups (broad SMARTS) is 1. The predicted molar refractivity (Wildman–Crippen MR) is 130 cm³/mol. The van der Waals surface area contributed by atoms with E-state index in [9.17, 15) is 32.7 Å². The molecular formula is C24H15ClF3IN2O4. The first-order chi connectivity index (χ1) is 16.5. The van der Waals surface area contributed by atoms with Crippen molar-refractivity contribution < 1.29 is 32.7 Å². The molecule has 3 aromatic carbocycles. The van der Waals surface area contributed by atoms with Gasteiger partial charge in [0.1, 0.15) is 6.04 Å². The van der Waals surface area contributed by atoms with E-state index in [4.69, 9.17) is 11.6 Å². The second kappa shape index (κ2) is 9.50. The highest BCUT2D eigenvalue weighted by Crippen LogP contribution is 2.39. The van der Waals surface area contributed by atoms with Gasteiger partial charge in [0.05, 0.1) is 16.8 Å². The van der Waals surface area contributed by atoms with Crippen LogP contribution < -0.4 is 5.32 Å². The van der Waals surface area contributed by atoms with Crippen LogP contribution in [-0.2, 0) is 15.8 Å². The lowest BCUT2D eigenvalue weighted by Crippen LogP contribution is -2.44. The van der Waals surface area contributed by atoms with E-state index in [1.807, 2.05) is 22.6 Å². The van der Waals surface area contributed by atoms with E-state index < -0.39 is 41.6 Å². The Labute approximate surface area is 215 Å². The molecule has 0 unspecified atom stereocenters. The van der Waals surface area contributed by atoms with Crippen LogP contribution in [0.1, 0.15) is 39.1 Å². The maximum Gasteiger partial charge on any atom is 0.416 e. The lowest BCUT2D eigenvalue weighted by atomic mass is 9.97. The Balaban J connectivity index is 1.92. The van der Waals surface area contributed by atoms with Crippen molar-refractivity contribution in [2.24, 2.45) is 0 Å². The number of hydrogen-bond acceptors (Lipinski definition) is 3. The predicted octanol–water partition coefficient (Wildman–Crippen LogP) is 5.92. The van der Waals surface area contributed by atoms with Gasteiger partial charge in [-0.3, -0.25) is 9.59 Å². The van der Waals surface area contributed by atoms with Gasteiger partial charge in [-0.2, -0.15) is 13.2 Å². The summed E-state index contributed by atoms with van der Waals surface area (Å²) >= 11 is 7.94. The standard InChI is InChI=1S/C24H15ClF3IN2O4/c25-15-7-3-12(4-8-15)19-21(32)30-18-10-9-16(29)11-17(18)22(33)31(19)20(23(34)35)13-1-5-14(6-2-13)24(26,27)28/h1-11,19-20H,(H,30,32)(H,34,35)/t19-,20-/m0/s1. The molecule has 1 aliphatic rings. The number of fused-ring (bicyclic) bond motifs is 1. The molecule has 35 heavy (non-hydrogen) atoms. The lowest BCUT2D eigenvalue weighted by Gasteiger charge is -2.34. The average molecular weight is 615 g/mol. The average Bonchev–Trinajstić information content (AvgIpc) is 2.89. The summed E-state index contributed by atoms with van der Waals surface area (Å²) in [4.78, 5) is 40.5. The molecule has 0 fully saturated rings. The zero-order valence-electron chi connectivity index (χ0n) is 17.5. The van der Waals surface area contributed by atoms with Crippen LogP contribution in [0.5, 0.6) is 0 Å². The fourth-order valence-electron chi connectivity index (χ4n) is 3.89. The van der Waals surface area contributed by atoms with Crippen LogP contribution in [0.25, 0.3) is 0 Å². The Morgan fingerprint density at radius 2 is 1.66 bits per heavy atom. The van der Waals surface area contributed by atoms with Crippen LogP contribution in [0.4, 0.5) is 18.9 Å². The Morgan fingerprint density at radius 1 is 1.03 bits per heavy atom. The quantitative estimate of drug-likeness (QED) is 0.357. The van der Waals surface area contributed by atoms with Crippen molar-refractivity contribution in [2.45, 2.75) is 18.3 Å². The summed E-state index contributed by atoms with van der Waals surface area (Å²) in [5.74, 6) is -2.97. The van der Waals surface area contributed by atoms with Crippen LogP contribution in [-0.4, -0.2) is 27.8 Å². The van der Waals surface area contributed by atoms with Gasteiger partial charge < -0.3 is 15.3 Å². The molecule has 180 valence electrons. The third-order valence-corrected chi connectivity index (χ3v) is 6.41. The molecule has 1 heterocycles. The fraction of sp³-hybridized carbons (Fsp3) is 0.125. The van der Waals surface area contributed by atoms with Gasteiger partial charge >= 0.3 is 12.1 Å². The minimum atomic E-state index is -4.63. The summed E-state index contributed by atoms with van der Waals surface area (Å²) in [5, 5.41) is 13.2. The number of halogens is 5. The van der Waals surface area contributed by atoms with E-state index >= 15 is 0 Å². The van der Waals surface area contributed by atoms with Gasteiger partial charge in [0.15, 0.2) is 6.04 Å². The van der Waals surface area contributed by atoms with E-state index in [-0.39, 0.29) is 22.4 Å². The molecule has 11 heteroatoms. The van der Waals surface area contributed by atoms with E-state index in [1.54, 1.807) is 6.07 Å². The van der Waals surface area contributed by atoms with Crippen molar-refractivity contribution in [2.75, 3.05) is 5.32 Å². The molecule has 6 nitrogen and oxygen atoms in total. The van der Waals surface area contributed by atoms with Crippen molar-refractivity contribution >= 4 is 57.7 Å². The number of benzene rings is 3. The number of amides is 2. The molecule has 0 aromatic heterocycles. The summed E-state index contributed by atoms with van der Waals surface area (Å²) < 4.78 is 39.9. The molecule has 1 aliphatic heterocycles. The Hall–Kier alpha value is -3.12. The SMILES string of the molecule is O=C(O)[C@H](c1ccc(C(F)(F)F)cc1)N1C(=O)c2cc(I)ccc2NC(=O)[C@@H]1c1ccc(Cl)cc1. The molecule has 0 spiro atoms. The lowest BCUT2D eigenvalue weighted by molar-refractivity contribution is -0.144. The summed E-state index contributed by atoms with van der Waals surface area (Å²) in [6.07, 6.45) is -4.63.